The van der Waals surface area contributed by atoms with E-state index in [2.05, 4.69) is 93.2 Å². The molecule has 2 aliphatic heterocycles. The summed E-state index contributed by atoms with van der Waals surface area (Å²) >= 11 is 0. The van der Waals surface area contributed by atoms with E-state index in [-0.39, 0.29) is 22.2 Å². The molecule has 1 aromatic rings. The smallest absolute Gasteiger partial charge is 0.231 e. The summed E-state index contributed by atoms with van der Waals surface area (Å²) in [5.41, 5.74) is 0.284. The van der Waals surface area contributed by atoms with Gasteiger partial charge in [-0.1, -0.05) is 0 Å². The van der Waals surface area contributed by atoms with Crippen molar-refractivity contribution >= 4 is 11.9 Å². The van der Waals surface area contributed by atoms with Gasteiger partial charge < -0.3 is 20.9 Å². The minimum Gasteiger partial charge on any atom is -0.357 e. The van der Waals surface area contributed by atoms with Crippen LogP contribution in [0.4, 0.5) is 11.9 Å². The normalized spacial score (nSPS) is 24.6. The summed E-state index contributed by atoms with van der Waals surface area (Å²) in [7, 11) is 4.13. The van der Waals surface area contributed by atoms with Gasteiger partial charge in [-0.15, -0.1) is 0 Å². The predicted molar refractivity (Wildman–Crippen MR) is 138 cm³/mol. The maximum atomic E-state index is 4.81. The van der Waals surface area contributed by atoms with Crippen LogP contribution in [0.1, 0.15) is 86.9 Å². The maximum Gasteiger partial charge on any atom is 0.231 e. The van der Waals surface area contributed by atoms with Crippen LogP contribution in [0.15, 0.2) is 0 Å². The lowest BCUT2D eigenvalue weighted by Crippen LogP contribution is -2.65. The van der Waals surface area contributed by atoms with Crippen molar-refractivity contribution in [2.75, 3.05) is 31.0 Å². The van der Waals surface area contributed by atoms with Crippen LogP contribution in [0.2, 0.25) is 0 Å². The first kappa shape index (κ1) is 26.1. The van der Waals surface area contributed by atoms with Gasteiger partial charge >= 0.3 is 0 Å². The fourth-order valence-corrected chi connectivity index (χ4v) is 6.47. The Hall–Kier alpha value is -1.51. The lowest BCUT2D eigenvalue weighted by atomic mass is 9.78. The van der Waals surface area contributed by atoms with Crippen LogP contribution in [-0.2, 0) is 0 Å². The molecule has 188 valence electrons. The molecule has 0 aromatic carbocycles. The number of nitrogens with one attached hydrogen (secondary N) is 3. The third kappa shape index (κ3) is 6.76. The quantitative estimate of drug-likeness (QED) is 0.556. The van der Waals surface area contributed by atoms with Crippen molar-refractivity contribution in [1.29, 1.82) is 0 Å². The zero-order chi connectivity index (χ0) is 24.8. The molecule has 2 saturated heterocycles. The summed E-state index contributed by atoms with van der Waals surface area (Å²) in [5, 5.41) is 10.8. The van der Waals surface area contributed by atoms with E-state index in [9.17, 15) is 0 Å². The van der Waals surface area contributed by atoms with E-state index in [1.165, 1.54) is 0 Å². The SMILES string of the molecule is CNc1nc(C)nc(N(CN(C)C2CC(C)(C)NC(C)(C)C2)C2CC(C)(C)NC(C)(C)C2)n1. The van der Waals surface area contributed by atoms with Gasteiger partial charge in [0.1, 0.15) is 5.82 Å². The van der Waals surface area contributed by atoms with Gasteiger partial charge in [-0.3, -0.25) is 4.90 Å². The first-order valence-electron chi connectivity index (χ1n) is 12.5. The number of aryl methyl sites for hydroxylation is 1. The molecule has 8 heteroatoms. The second kappa shape index (κ2) is 8.93. The van der Waals surface area contributed by atoms with Crippen molar-refractivity contribution in [2.45, 2.75) is 122 Å². The maximum absolute atomic E-state index is 4.81. The highest BCUT2D eigenvalue weighted by Gasteiger charge is 2.43. The van der Waals surface area contributed by atoms with Crippen molar-refractivity contribution < 1.29 is 0 Å². The lowest BCUT2D eigenvalue weighted by Gasteiger charge is -2.52. The average Bonchev–Trinajstić information content (AvgIpc) is 2.60. The van der Waals surface area contributed by atoms with Crippen molar-refractivity contribution in [3.05, 3.63) is 5.82 Å². The largest absolute Gasteiger partial charge is 0.357 e. The van der Waals surface area contributed by atoms with Crippen LogP contribution in [0.3, 0.4) is 0 Å². The summed E-state index contributed by atoms with van der Waals surface area (Å²) < 4.78 is 0. The zero-order valence-electron chi connectivity index (χ0n) is 22.9. The molecule has 0 radical (unpaired) electrons. The minimum atomic E-state index is 0.0376. The standard InChI is InChI=1S/C25H48N8/c1-17-27-20(26-10)29-21(28-17)33(19-14-24(6,7)31-25(8,9)15-19)16-32(11)18-12-22(2,3)30-23(4,5)13-18/h18-19,30-31H,12-16H2,1-11H3,(H,26,27,28,29). The van der Waals surface area contributed by atoms with Gasteiger partial charge in [-0.05, 0) is 95.0 Å². The topological polar surface area (TPSA) is 81.2 Å². The molecule has 33 heavy (non-hydrogen) atoms. The van der Waals surface area contributed by atoms with Gasteiger partial charge in [0.2, 0.25) is 11.9 Å². The van der Waals surface area contributed by atoms with E-state index < -0.39 is 0 Å². The predicted octanol–water partition coefficient (Wildman–Crippen LogP) is 3.54. The third-order valence-electron chi connectivity index (χ3n) is 6.99. The van der Waals surface area contributed by atoms with Gasteiger partial charge in [0.05, 0.1) is 6.67 Å². The van der Waals surface area contributed by atoms with E-state index >= 15 is 0 Å². The fourth-order valence-electron chi connectivity index (χ4n) is 6.47. The average molecular weight is 461 g/mol. The summed E-state index contributed by atoms with van der Waals surface area (Å²) in [6.07, 6.45) is 4.30. The van der Waals surface area contributed by atoms with Crippen LogP contribution in [0.25, 0.3) is 0 Å². The summed E-state index contributed by atoms with van der Waals surface area (Å²) in [5.74, 6) is 2.14. The molecule has 2 aliphatic rings. The first-order chi connectivity index (χ1) is 15.0. The number of hydrogen-bond acceptors (Lipinski definition) is 8. The molecule has 3 N–H and O–H groups in total. The molecular weight excluding hydrogens is 412 g/mol. The van der Waals surface area contributed by atoms with Gasteiger partial charge in [-0.25, -0.2) is 0 Å². The van der Waals surface area contributed by atoms with Gasteiger partial charge in [0.25, 0.3) is 0 Å². The highest BCUT2D eigenvalue weighted by atomic mass is 15.4. The van der Waals surface area contributed by atoms with Crippen molar-refractivity contribution in [3.8, 4) is 0 Å². The Bertz CT molecular complexity index is 800. The summed E-state index contributed by atoms with van der Waals surface area (Å²) in [6, 6.07) is 0.807. The Morgan fingerprint density at radius 3 is 1.70 bits per heavy atom. The highest BCUT2D eigenvalue weighted by molar-refractivity contribution is 5.38. The van der Waals surface area contributed by atoms with Crippen molar-refractivity contribution in [1.82, 2.24) is 30.5 Å². The number of nitrogens with zero attached hydrogens (tertiary/aromatic N) is 5. The highest BCUT2D eigenvalue weighted by Crippen LogP contribution is 2.35. The Balaban J connectivity index is 1.95. The van der Waals surface area contributed by atoms with Gasteiger partial charge in [-0.2, -0.15) is 15.0 Å². The Kier molecular flexibility index (Phi) is 7.06. The molecule has 0 atom stereocenters. The third-order valence-corrected chi connectivity index (χ3v) is 6.99. The van der Waals surface area contributed by atoms with E-state index in [4.69, 9.17) is 9.97 Å². The molecule has 8 nitrogen and oxygen atoms in total. The first-order valence-corrected chi connectivity index (χ1v) is 12.5. The molecule has 3 heterocycles. The second-order valence-electron chi connectivity index (χ2n) is 13.0. The Morgan fingerprint density at radius 2 is 1.24 bits per heavy atom. The second-order valence-corrected chi connectivity index (χ2v) is 13.0. The van der Waals surface area contributed by atoms with E-state index in [0.29, 0.717) is 18.0 Å². The molecular formula is C25H48N8. The fraction of sp³-hybridized carbons (Fsp3) is 0.880. The lowest BCUT2D eigenvalue weighted by molar-refractivity contribution is 0.0757. The van der Waals surface area contributed by atoms with Gasteiger partial charge in [0, 0.05) is 41.3 Å². The van der Waals surface area contributed by atoms with Crippen molar-refractivity contribution in [2.24, 2.45) is 0 Å². The van der Waals surface area contributed by atoms with Crippen LogP contribution in [0, 0.1) is 6.92 Å². The summed E-state index contributed by atoms with van der Waals surface area (Å²) in [4.78, 5) is 19.0. The zero-order valence-corrected chi connectivity index (χ0v) is 22.9. The number of piperidine rings is 2. The monoisotopic (exact) mass is 460 g/mol. The van der Waals surface area contributed by atoms with Crippen LogP contribution < -0.4 is 20.9 Å². The van der Waals surface area contributed by atoms with Gasteiger partial charge in [0.15, 0.2) is 0 Å². The Labute approximate surface area is 201 Å². The van der Waals surface area contributed by atoms with Crippen LogP contribution in [0.5, 0.6) is 0 Å². The number of aromatic nitrogens is 3. The number of rotatable bonds is 6. The molecule has 1 aromatic heterocycles. The molecule has 0 amide bonds. The molecule has 0 unspecified atom stereocenters. The van der Waals surface area contributed by atoms with E-state index in [1.807, 2.05) is 14.0 Å². The molecule has 3 rings (SSSR count). The molecule has 0 saturated carbocycles. The molecule has 0 spiro atoms. The Morgan fingerprint density at radius 1 is 0.788 bits per heavy atom. The van der Waals surface area contributed by atoms with E-state index in [1.54, 1.807) is 0 Å². The van der Waals surface area contributed by atoms with Crippen LogP contribution >= 0.6 is 0 Å². The minimum absolute atomic E-state index is 0.0376. The number of hydrogen-bond donors (Lipinski definition) is 3. The summed E-state index contributed by atoms with van der Waals surface area (Å²) in [6.45, 7) is 21.2. The van der Waals surface area contributed by atoms with E-state index in [0.717, 1.165) is 44.1 Å². The molecule has 0 aliphatic carbocycles. The van der Waals surface area contributed by atoms with Crippen LogP contribution in [-0.4, -0.2) is 74.9 Å². The molecule has 2 fully saturated rings. The molecule has 0 bridgehead atoms. The van der Waals surface area contributed by atoms with Crippen molar-refractivity contribution in [3.63, 3.8) is 0 Å². The number of anilines is 2.